The van der Waals surface area contributed by atoms with E-state index in [1.54, 1.807) is 31.3 Å². The minimum absolute atomic E-state index is 0.0412. The molecule has 0 atom stereocenters. The van der Waals surface area contributed by atoms with Gasteiger partial charge in [-0.1, -0.05) is 36.4 Å². The highest BCUT2D eigenvalue weighted by Crippen LogP contribution is 2.16. The van der Waals surface area contributed by atoms with Crippen LogP contribution in [0.5, 0.6) is 0 Å². The lowest BCUT2D eigenvalue weighted by atomic mass is 10.1. The lowest BCUT2D eigenvalue weighted by Crippen LogP contribution is -2.28. The highest BCUT2D eigenvalue weighted by molar-refractivity contribution is 7.88. The molecule has 0 aromatic heterocycles. The topological polar surface area (TPSA) is 63.4 Å². The molecule has 0 amide bonds. The van der Waals surface area contributed by atoms with Crippen LogP contribution in [0.3, 0.4) is 0 Å². The quantitative estimate of drug-likeness (QED) is 0.863. The number of rotatable bonds is 5. The summed E-state index contributed by atoms with van der Waals surface area (Å²) in [5.74, 6) is -0.0412. The van der Waals surface area contributed by atoms with Gasteiger partial charge in [-0.05, 0) is 35.7 Å². The van der Waals surface area contributed by atoms with Crippen molar-refractivity contribution in [1.29, 1.82) is 0 Å². The Labute approximate surface area is 126 Å². The third kappa shape index (κ3) is 4.06. The molecule has 2 rings (SSSR count). The van der Waals surface area contributed by atoms with E-state index >= 15 is 0 Å². The minimum atomic E-state index is -3.37. The maximum atomic E-state index is 12.4. The van der Waals surface area contributed by atoms with Gasteiger partial charge < -0.3 is 5.73 Å². The smallest absolute Gasteiger partial charge is 0.218 e. The van der Waals surface area contributed by atoms with Crippen LogP contribution in [-0.2, 0) is 22.3 Å². The zero-order valence-corrected chi connectivity index (χ0v) is 13.1. The summed E-state index contributed by atoms with van der Waals surface area (Å²) < 4.78 is 26.2. The first-order valence-electron chi connectivity index (χ1n) is 6.71. The van der Waals surface area contributed by atoms with Gasteiger partial charge in [0.25, 0.3) is 0 Å². The number of nitrogen functional groups attached to an aromatic ring is 1. The summed E-state index contributed by atoms with van der Waals surface area (Å²) in [6.45, 7) is 2.35. The fourth-order valence-corrected chi connectivity index (χ4v) is 3.29. The van der Waals surface area contributed by atoms with E-state index < -0.39 is 10.0 Å². The van der Waals surface area contributed by atoms with Crippen LogP contribution in [-0.4, -0.2) is 19.8 Å². The molecule has 0 heterocycles. The van der Waals surface area contributed by atoms with Crippen LogP contribution in [0, 0.1) is 6.92 Å². The minimum Gasteiger partial charge on any atom is -0.399 e. The number of hydrogen-bond acceptors (Lipinski definition) is 3. The van der Waals surface area contributed by atoms with Crippen LogP contribution in [0.1, 0.15) is 16.7 Å². The normalized spacial score (nSPS) is 11.8. The Hall–Kier alpha value is -1.85. The molecule has 0 saturated carbocycles. The molecule has 0 unspecified atom stereocenters. The summed E-state index contributed by atoms with van der Waals surface area (Å²) >= 11 is 0. The van der Waals surface area contributed by atoms with Gasteiger partial charge in [0.1, 0.15) is 0 Å². The highest BCUT2D eigenvalue weighted by atomic mass is 32.2. The van der Waals surface area contributed by atoms with Gasteiger partial charge in [0, 0.05) is 19.3 Å². The van der Waals surface area contributed by atoms with E-state index in [1.807, 2.05) is 31.2 Å². The highest BCUT2D eigenvalue weighted by Gasteiger charge is 2.19. The maximum absolute atomic E-state index is 12.4. The molecular formula is C16H20N2O2S. The molecular weight excluding hydrogens is 284 g/mol. The standard InChI is InChI=1S/C16H20N2O2S/c1-13-6-3-4-8-15(13)11-18(2)21(19,20)12-14-7-5-9-16(17)10-14/h3-10H,11-12,17H2,1-2H3. The van der Waals surface area contributed by atoms with Crippen molar-refractivity contribution < 1.29 is 8.42 Å². The van der Waals surface area contributed by atoms with Crippen LogP contribution in [0.4, 0.5) is 5.69 Å². The maximum Gasteiger partial charge on any atom is 0.218 e. The first-order chi connectivity index (χ1) is 9.88. The molecule has 0 aliphatic carbocycles. The zero-order valence-electron chi connectivity index (χ0n) is 12.3. The Morgan fingerprint density at radius 3 is 2.48 bits per heavy atom. The third-order valence-corrected chi connectivity index (χ3v) is 5.21. The van der Waals surface area contributed by atoms with E-state index in [4.69, 9.17) is 5.73 Å². The molecule has 2 aromatic rings. The van der Waals surface area contributed by atoms with E-state index in [0.717, 1.165) is 11.1 Å². The molecule has 4 nitrogen and oxygen atoms in total. The number of hydrogen-bond donors (Lipinski definition) is 1. The largest absolute Gasteiger partial charge is 0.399 e. The molecule has 0 bridgehead atoms. The molecule has 0 saturated heterocycles. The monoisotopic (exact) mass is 304 g/mol. The lowest BCUT2D eigenvalue weighted by molar-refractivity contribution is 0.465. The number of anilines is 1. The van der Waals surface area contributed by atoms with Crippen LogP contribution < -0.4 is 5.73 Å². The summed E-state index contributed by atoms with van der Waals surface area (Å²) in [5.41, 5.74) is 9.06. The molecule has 0 aliphatic rings. The SMILES string of the molecule is Cc1ccccc1CN(C)S(=O)(=O)Cc1cccc(N)c1. The molecule has 0 aliphatic heterocycles. The third-order valence-electron chi connectivity index (χ3n) is 3.43. The zero-order chi connectivity index (χ0) is 15.5. The average molecular weight is 304 g/mol. The van der Waals surface area contributed by atoms with Crippen LogP contribution in [0.25, 0.3) is 0 Å². The van der Waals surface area contributed by atoms with Crippen molar-refractivity contribution in [1.82, 2.24) is 4.31 Å². The molecule has 21 heavy (non-hydrogen) atoms. The van der Waals surface area contributed by atoms with Gasteiger partial charge in [-0.25, -0.2) is 12.7 Å². The second-order valence-corrected chi connectivity index (χ2v) is 7.26. The summed E-state index contributed by atoms with van der Waals surface area (Å²) in [4.78, 5) is 0. The van der Waals surface area contributed by atoms with E-state index in [-0.39, 0.29) is 5.75 Å². The van der Waals surface area contributed by atoms with Gasteiger partial charge >= 0.3 is 0 Å². The molecule has 5 heteroatoms. The van der Waals surface area contributed by atoms with E-state index in [0.29, 0.717) is 17.8 Å². The average Bonchev–Trinajstić information content (AvgIpc) is 2.40. The number of aryl methyl sites for hydroxylation is 1. The van der Waals surface area contributed by atoms with Crippen molar-refractivity contribution in [3.05, 3.63) is 65.2 Å². The Balaban J connectivity index is 2.14. The Morgan fingerprint density at radius 2 is 1.81 bits per heavy atom. The van der Waals surface area contributed by atoms with Crippen molar-refractivity contribution in [3.63, 3.8) is 0 Å². The van der Waals surface area contributed by atoms with Crippen molar-refractivity contribution >= 4 is 15.7 Å². The summed E-state index contributed by atoms with van der Waals surface area (Å²) in [5, 5.41) is 0. The van der Waals surface area contributed by atoms with Crippen molar-refractivity contribution in [2.24, 2.45) is 0 Å². The fourth-order valence-electron chi connectivity index (χ4n) is 2.13. The van der Waals surface area contributed by atoms with Crippen LogP contribution in [0.2, 0.25) is 0 Å². The van der Waals surface area contributed by atoms with Gasteiger partial charge in [-0.2, -0.15) is 0 Å². The van der Waals surface area contributed by atoms with E-state index in [9.17, 15) is 8.42 Å². The lowest BCUT2D eigenvalue weighted by Gasteiger charge is -2.18. The van der Waals surface area contributed by atoms with Crippen molar-refractivity contribution in [3.8, 4) is 0 Å². The molecule has 2 N–H and O–H groups in total. The van der Waals surface area contributed by atoms with E-state index in [2.05, 4.69) is 0 Å². The first-order valence-corrected chi connectivity index (χ1v) is 8.32. The second kappa shape index (κ2) is 6.28. The molecule has 2 aromatic carbocycles. The number of nitrogens with zero attached hydrogens (tertiary/aromatic N) is 1. The summed E-state index contributed by atoms with van der Waals surface area (Å²) in [7, 11) is -1.76. The molecule has 112 valence electrons. The van der Waals surface area contributed by atoms with Gasteiger partial charge in [-0.3, -0.25) is 0 Å². The van der Waals surface area contributed by atoms with Gasteiger partial charge in [-0.15, -0.1) is 0 Å². The van der Waals surface area contributed by atoms with Gasteiger partial charge in [0.15, 0.2) is 0 Å². The van der Waals surface area contributed by atoms with Crippen molar-refractivity contribution in [2.75, 3.05) is 12.8 Å². The van der Waals surface area contributed by atoms with Crippen molar-refractivity contribution in [2.45, 2.75) is 19.2 Å². The Kier molecular flexibility index (Phi) is 4.65. The Bertz CT molecular complexity index is 727. The molecule has 0 spiro atoms. The second-order valence-electron chi connectivity index (χ2n) is 5.18. The predicted octanol–water partition coefficient (Wildman–Crippen LogP) is 2.54. The van der Waals surface area contributed by atoms with Gasteiger partial charge in [0.05, 0.1) is 5.75 Å². The van der Waals surface area contributed by atoms with Gasteiger partial charge in [0.2, 0.25) is 10.0 Å². The molecule has 0 fully saturated rings. The molecule has 0 radical (unpaired) electrons. The van der Waals surface area contributed by atoms with Crippen LogP contribution >= 0.6 is 0 Å². The fraction of sp³-hybridized carbons (Fsp3) is 0.250. The number of sulfonamides is 1. The summed E-state index contributed by atoms with van der Waals surface area (Å²) in [6.07, 6.45) is 0. The Morgan fingerprint density at radius 1 is 1.10 bits per heavy atom. The van der Waals surface area contributed by atoms with Crippen LogP contribution in [0.15, 0.2) is 48.5 Å². The number of nitrogens with two attached hydrogens (primary N) is 1. The first kappa shape index (κ1) is 15.5. The number of benzene rings is 2. The predicted molar refractivity (Wildman–Crippen MR) is 86.1 cm³/mol. The van der Waals surface area contributed by atoms with E-state index in [1.165, 1.54) is 4.31 Å². The summed E-state index contributed by atoms with van der Waals surface area (Å²) in [6, 6.07) is 14.8.